The largest absolute Gasteiger partial charge is 0.0804 e. The fourth-order valence-electron chi connectivity index (χ4n) is 4.61. The van der Waals surface area contributed by atoms with E-state index in [0.29, 0.717) is 0 Å². The Morgan fingerprint density at radius 2 is 1.43 bits per heavy atom. The first-order valence-corrected chi connectivity index (χ1v) is 11.6. The van der Waals surface area contributed by atoms with Gasteiger partial charge in [-0.2, -0.15) is 0 Å². The molecule has 0 saturated carbocycles. The molecule has 0 heterocycles. The maximum Gasteiger partial charge on any atom is -0.0184 e. The summed E-state index contributed by atoms with van der Waals surface area (Å²) < 4.78 is 0. The second-order valence-corrected chi connectivity index (χ2v) is 8.65. The molecule has 0 nitrogen and oxygen atoms in total. The molecule has 0 spiro atoms. The van der Waals surface area contributed by atoms with Crippen molar-refractivity contribution in [2.45, 2.75) is 78.6 Å². The molecule has 1 unspecified atom stereocenters. The van der Waals surface area contributed by atoms with Crippen LogP contribution < -0.4 is 0 Å². The number of benzene rings is 2. The molecular weight excluding hydrogens is 336 g/mol. The smallest absolute Gasteiger partial charge is 0.0184 e. The van der Waals surface area contributed by atoms with Crippen LogP contribution in [0.25, 0.3) is 16.7 Å². The first-order chi connectivity index (χ1) is 13.7. The number of hydrogen-bond donors (Lipinski definition) is 0. The van der Waals surface area contributed by atoms with Crippen LogP contribution >= 0.6 is 0 Å². The van der Waals surface area contributed by atoms with Crippen molar-refractivity contribution in [2.24, 2.45) is 11.8 Å². The second-order valence-electron chi connectivity index (χ2n) is 8.65. The maximum absolute atomic E-state index is 2.52. The van der Waals surface area contributed by atoms with Crippen LogP contribution in [0.15, 0.2) is 54.6 Å². The molecule has 0 aromatic heterocycles. The van der Waals surface area contributed by atoms with E-state index in [1.54, 1.807) is 5.57 Å². The molecule has 0 saturated heterocycles. The zero-order chi connectivity index (χ0) is 19.8. The van der Waals surface area contributed by atoms with Crippen molar-refractivity contribution in [1.82, 2.24) is 0 Å². The fourth-order valence-corrected chi connectivity index (χ4v) is 4.61. The van der Waals surface area contributed by atoms with Crippen molar-refractivity contribution in [3.8, 4) is 11.1 Å². The first kappa shape index (κ1) is 20.9. The van der Waals surface area contributed by atoms with Gasteiger partial charge in [0.2, 0.25) is 0 Å². The van der Waals surface area contributed by atoms with Crippen molar-refractivity contribution in [2.75, 3.05) is 0 Å². The number of hydrogen-bond acceptors (Lipinski definition) is 0. The quantitative estimate of drug-likeness (QED) is 0.411. The van der Waals surface area contributed by atoms with E-state index in [4.69, 9.17) is 0 Å². The molecule has 28 heavy (non-hydrogen) atoms. The summed E-state index contributed by atoms with van der Waals surface area (Å²) in [6, 6.07) is 18.3. The van der Waals surface area contributed by atoms with E-state index in [1.165, 1.54) is 80.0 Å². The summed E-state index contributed by atoms with van der Waals surface area (Å²) in [7, 11) is 0. The highest BCUT2D eigenvalue weighted by Gasteiger charge is 2.16. The topological polar surface area (TPSA) is 0 Å². The van der Waals surface area contributed by atoms with Crippen LogP contribution in [0.3, 0.4) is 0 Å². The molecule has 2 aromatic rings. The van der Waals surface area contributed by atoms with Crippen LogP contribution in [0.5, 0.6) is 0 Å². The number of aryl methyl sites for hydroxylation is 1. The van der Waals surface area contributed by atoms with Gasteiger partial charge in [0.15, 0.2) is 0 Å². The summed E-state index contributed by atoms with van der Waals surface area (Å²) in [5, 5.41) is 0. The Hall–Kier alpha value is -1.82. The molecule has 0 radical (unpaired) electrons. The zero-order valence-corrected chi connectivity index (χ0v) is 18.2. The fraction of sp³-hybridized carbons (Fsp3) is 0.500. The van der Waals surface area contributed by atoms with E-state index in [1.807, 2.05) is 0 Å². The predicted molar refractivity (Wildman–Crippen MR) is 124 cm³/mol. The third-order valence-corrected chi connectivity index (χ3v) is 6.74. The van der Waals surface area contributed by atoms with Crippen LogP contribution in [-0.2, 0) is 6.42 Å². The van der Waals surface area contributed by atoms with Gasteiger partial charge in [0.05, 0.1) is 0 Å². The van der Waals surface area contributed by atoms with E-state index in [2.05, 4.69) is 75.4 Å². The molecule has 150 valence electrons. The molecule has 1 aliphatic rings. The molecule has 1 atom stereocenters. The van der Waals surface area contributed by atoms with Crippen LogP contribution in [0.2, 0.25) is 0 Å². The minimum Gasteiger partial charge on any atom is -0.0804 e. The molecule has 0 heteroatoms. The second kappa shape index (κ2) is 10.6. The summed E-state index contributed by atoms with van der Waals surface area (Å²) in [4.78, 5) is 0. The van der Waals surface area contributed by atoms with Crippen LogP contribution in [-0.4, -0.2) is 0 Å². The number of allylic oxidation sites excluding steroid dienone is 2. The Labute approximate surface area is 173 Å². The average Bonchev–Trinajstić information content (AvgIpc) is 2.76. The SMILES string of the molecule is CCCc1ccc(-c2ccc(C3=CCC(CCC(CC)CC)CC3)cc2)cc1. The zero-order valence-electron chi connectivity index (χ0n) is 18.2. The third kappa shape index (κ3) is 5.60. The first-order valence-electron chi connectivity index (χ1n) is 11.6. The van der Waals surface area contributed by atoms with Gasteiger partial charge in [-0.25, -0.2) is 0 Å². The molecule has 0 bridgehead atoms. The van der Waals surface area contributed by atoms with Gasteiger partial charge in [-0.3, -0.25) is 0 Å². The lowest BCUT2D eigenvalue weighted by molar-refractivity contribution is 0.361. The van der Waals surface area contributed by atoms with Gasteiger partial charge < -0.3 is 0 Å². The summed E-state index contributed by atoms with van der Waals surface area (Å²) >= 11 is 0. The van der Waals surface area contributed by atoms with E-state index >= 15 is 0 Å². The van der Waals surface area contributed by atoms with E-state index in [0.717, 1.165) is 11.8 Å². The summed E-state index contributed by atoms with van der Waals surface area (Å²) in [5.41, 5.74) is 7.07. The molecule has 0 fully saturated rings. The van der Waals surface area contributed by atoms with E-state index < -0.39 is 0 Å². The Bertz CT molecular complexity index is 729. The van der Waals surface area contributed by atoms with Gasteiger partial charge in [0, 0.05) is 0 Å². The van der Waals surface area contributed by atoms with Gasteiger partial charge >= 0.3 is 0 Å². The molecule has 0 N–H and O–H groups in total. The van der Waals surface area contributed by atoms with E-state index in [9.17, 15) is 0 Å². The lowest BCUT2D eigenvalue weighted by atomic mass is 9.82. The highest BCUT2D eigenvalue weighted by atomic mass is 14.2. The maximum atomic E-state index is 2.52. The normalized spacial score (nSPS) is 17.0. The molecule has 0 amide bonds. The molecule has 1 aliphatic carbocycles. The lowest BCUT2D eigenvalue weighted by Gasteiger charge is -2.24. The molecule has 3 rings (SSSR count). The Kier molecular flexibility index (Phi) is 7.95. The highest BCUT2D eigenvalue weighted by Crippen LogP contribution is 2.34. The summed E-state index contributed by atoms with van der Waals surface area (Å²) in [6.45, 7) is 6.93. The Morgan fingerprint density at radius 1 is 0.821 bits per heavy atom. The van der Waals surface area contributed by atoms with Crippen LogP contribution in [0.1, 0.15) is 83.3 Å². The van der Waals surface area contributed by atoms with Crippen LogP contribution in [0, 0.1) is 11.8 Å². The van der Waals surface area contributed by atoms with Gasteiger partial charge in [0.25, 0.3) is 0 Å². The Balaban J connectivity index is 1.58. The Morgan fingerprint density at radius 3 is 1.96 bits per heavy atom. The van der Waals surface area contributed by atoms with Gasteiger partial charge in [-0.15, -0.1) is 0 Å². The van der Waals surface area contributed by atoms with Gasteiger partial charge in [-0.05, 0) is 71.8 Å². The molecule has 0 aliphatic heterocycles. The summed E-state index contributed by atoms with van der Waals surface area (Å²) in [5.74, 6) is 1.85. The van der Waals surface area contributed by atoms with Crippen molar-refractivity contribution in [1.29, 1.82) is 0 Å². The number of rotatable bonds is 9. The standard InChI is InChI=1S/C28H38/c1-4-7-23-10-14-25(15-11-23)27-18-20-28(21-19-27)26-16-12-24(13-17-26)9-8-22(5-2)6-3/h10-11,14-16,18-22,24H,4-9,12-13,17H2,1-3H3. The highest BCUT2D eigenvalue weighted by molar-refractivity contribution is 5.71. The van der Waals surface area contributed by atoms with E-state index in [-0.39, 0.29) is 0 Å². The van der Waals surface area contributed by atoms with Crippen molar-refractivity contribution in [3.05, 3.63) is 65.7 Å². The van der Waals surface area contributed by atoms with Gasteiger partial charge in [-0.1, -0.05) is 101 Å². The molecule has 2 aromatic carbocycles. The monoisotopic (exact) mass is 374 g/mol. The molecular formula is C28H38. The summed E-state index contributed by atoms with van der Waals surface area (Å²) in [6.07, 6.45) is 14.3. The van der Waals surface area contributed by atoms with Crippen LogP contribution in [0.4, 0.5) is 0 Å². The lowest BCUT2D eigenvalue weighted by Crippen LogP contribution is -2.08. The van der Waals surface area contributed by atoms with Crippen molar-refractivity contribution < 1.29 is 0 Å². The third-order valence-electron chi connectivity index (χ3n) is 6.74. The predicted octanol–water partition coefficient (Wildman–Crippen LogP) is 8.71. The van der Waals surface area contributed by atoms with Crippen molar-refractivity contribution in [3.63, 3.8) is 0 Å². The van der Waals surface area contributed by atoms with Crippen molar-refractivity contribution >= 4 is 5.57 Å². The van der Waals surface area contributed by atoms with Gasteiger partial charge in [0.1, 0.15) is 0 Å². The average molecular weight is 375 g/mol. The minimum absolute atomic E-state index is 0.908. The minimum atomic E-state index is 0.908.